The number of nitrogens with one attached hydrogen (secondary N) is 1. The first-order valence-corrected chi connectivity index (χ1v) is 4.58. The van der Waals surface area contributed by atoms with Crippen LogP contribution in [0.4, 0.5) is 5.69 Å². The van der Waals surface area contributed by atoms with Gasteiger partial charge in [-0.25, -0.2) is 4.98 Å². The second kappa shape index (κ2) is 4.15. The third kappa shape index (κ3) is 1.68. The van der Waals surface area contributed by atoms with Gasteiger partial charge in [-0.15, -0.1) is 0 Å². The Morgan fingerprint density at radius 2 is 2.38 bits per heavy atom. The Hall–Kier alpha value is -2.15. The summed E-state index contributed by atoms with van der Waals surface area (Å²) in [6.07, 6.45) is 4.49. The molecular formula is C9H11N5O2. The standard InChI is InChI=1S/C9H11N5O2/c1-16-5-6-8(10)9(15)14(13-6)7-4-11-2-3-12-7/h2-4,13H,5,10H2,1H3. The summed E-state index contributed by atoms with van der Waals surface area (Å²) in [7, 11) is 1.53. The topological polar surface area (TPSA) is 98.8 Å². The van der Waals surface area contributed by atoms with E-state index < -0.39 is 0 Å². The van der Waals surface area contributed by atoms with E-state index in [2.05, 4.69) is 15.1 Å². The fraction of sp³-hybridized carbons (Fsp3) is 0.222. The molecular weight excluding hydrogens is 210 g/mol. The van der Waals surface area contributed by atoms with Gasteiger partial charge in [-0.1, -0.05) is 0 Å². The molecule has 2 heterocycles. The number of rotatable bonds is 3. The summed E-state index contributed by atoms with van der Waals surface area (Å²) in [6, 6.07) is 0. The van der Waals surface area contributed by atoms with Crippen molar-refractivity contribution < 1.29 is 4.74 Å². The molecule has 0 spiro atoms. The maximum atomic E-state index is 11.7. The van der Waals surface area contributed by atoms with Crippen LogP contribution in [0, 0.1) is 0 Å². The Morgan fingerprint density at radius 1 is 1.56 bits per heavy atom. The molecule has 2 aromatic rings. The summed E-state index contributed by atoms with van der Waals surface area (Å²) in [5.74, 6) is 0.390. The maximum Gasteiger partial charge on any atom is 0.296 e. The lowest BCUT2D eigenvalue weighted by Crippen LogP contribution is -2.17. The summed E-state index contributed by atoms with van der Waals surface area (Å²) < 4.78 is 6.15. The van der Waals surface area contributed by atoms with Crippen molar-refractivity contribution in [2.45, 2.75) is 6.61 Å². The average molecular weight is 221 g/mol. The zero-order valence-corrected chi connectivity index (χ0v) is 8.67. The molecule has 0 bridgehead atoms. The molecule has 7 nitrogen and oxygen atoms in total. The Labute approximate surface area is 90.9 Å². The third-order valence-electron chi connectivity index (χ3n) is 2.07. The number of hydrogen-bond acceptors (Lipinski definition) is 5. The number of nitrogens with zero attached hydrogens (tertiary/aromatic N) is 3. The Kier molecular flexibility index (Phi) is 2.69. The lowest BCUT2D eigenvalue weighted by molar-refractivity contribution is 0.181. The van der Waals surface area contributed by atoms with Crippen molar-refractivity contribution in [2.24, 2.45) is 0 Å². The van der Waals surface area contributed by atoms with E-state index in [1.807, 2.05) is 0 Å². The molecule has 0 atom stereocenters. The van der Waals surface area contributed by atoms with E-state index in [1.54, 1.807) is 0 Å². The first-order valence-electron chi connectivity index (χ1n) is 4.58. The smallest absolute Gasteiger partial charge is 0.296 e. The Bertz CT molecular complexity index is 531. The zero-order valence-electron chi connectivity index (χ0n) is 8.67. The van der Waals surface area contributed by atoms with E-state index in [1.165, 1.54) is 30.4 Å². The van der Waals surface area contributed by atoms with Gasteiger partial charge in [0.2, 0.25) is 0 Å². The number of nitrogen functional groups attached to an aromatic ring is 1. The highest BCUT2D eigenvalue weighted by Crippen LogP contribution is 2.06. The number of aromatic amines is 1. The quantitative estimate of drug-likeness (QED) is 0.740. The van der Waals surface area contributed by atoms with Gasteiger partial charge in [-0.05, 0) is 0 Å². The minimum absolute atomic E-state index is 0.132. The number of hydrogen-bond donors (Lipinski definition) is 2. The van der Waals surface area contributed by atoms with Crippen molar-refractivity contribution in [3.8, 4) is 5.82 Å². The van der Waals surface area contributed by atoms with Crippen molar-refractivity contribution in [2.75, 3.05) is 12.8 Å². The number of H-pyrrole nitrogens is 1. The van der Waals surface area contributed by atoms with Crippen molar-refractivity contribution in [1.29, 1.82) is 0 Å². The first kappa shape index (κ1) is 10.4. The summed E-state index contributed by atoms with van der Waals surface area (Å²) in [6.45, 7) is 0.244. The van der Waals surface area contributed by atoms with Crippen molar-refractivity contribution in [3.63, 3.8) is 0 Å². The van der Waals surface area contributed by atoms with E-state index >= 15 is 0 Å². The molecule has 7 heteroatoms. The minimum atomic E-state index is -0.354. The average Bonchev–Trinajstić information content (AvgIpc) is 2.59. The van der Waals surface area contributed by atoms with Crippen molar-refractivity contribution in [3.05, 3.63) is 34.6 Å². The van der Waals surface area contributed by atoms with Gasteiger partial charge in [0.15, 0.2) is 5.82 Å². The van der Waals surface area contributed by atoms with Gasteiger partial charge >= 0.3 is 0 Å². The lowest BCUT2D eigenvalue weighted by Gasteiger charge is -1.98. The van der Waals surface area contributed by atoms with Crippen LogP contribution in [0.2, 0.25) is 0 Å². The van der Waals surface area contributed by atoms with Gasteiger partial charge < -0.3 is 10.5 Å². The van der Waals surface area contributed by atoms with Gasteiger partial charge in [0, 0.05) is 19.5 Å². The zero-order chi connectivity index (χ0) is 11.5. The molecule has 2 rings (SSSR count). The van der Waals surface area contributed by atoms with Crippen LogP contribution in [0.3, 0.4) is 0 Å². The van der Waals surface area contributed by atoms with Crippen LogP contribution in [0.1, 0.15) is 5.69 Å². The molecule has 0 radical (unpaired) electrons. The van der Waals surface area contributed by atoms with E-state index in [0.717, 1.165) is 0 Å². The monoisotopic (exact) mass is 221 g/mol. The number of anilines is 1. The van der Waals surface area contributed by atoms with Gasteiger partial charge in [-0.2, -0.15) is 4.68 Å². The van der Waals surface area contributed by atoms with Crippen molar-refractivity contribution in [1.82, 2.24) is 19.7 Å². The predicted octanol–water partition coefficient (Wildman–Crippen LogP) is -0.316. The molecule has 0 saturated heterocycles. The van der Waals surface area contributed by atoms with Crippen LogP contribution in [-0.4, -0.2) is 26.9 Å². The summed E-state index contributed by atoms with van der Waals surface area (Å²) in [4.78, 5) is 19.6. The highest BCUT2D eigenvalue weighted by atomic mass is 16.5. The first-order chi connectivity index (χ1) is 7.74. The van der Waals surface area contributed by atoms with Crippen LogP contribution in [-0.2, 0) is 11.3 Å². The van der Waals surface area contributed by atoms with Crippen LogP contribution in [0.25, 0.3) is 5.82 Å². The van der Waals surface area contributed by atoms with E-state index in [4.69, 9.17) is 10.5 Å². The van der Waals surface area contributed by atoms with E-state index in [9.17, 15) is 4.79 Å². The predicted molar refractivity (Wildman–Crippen MR) is 57.1 cm³/mol. The van der Waals surface area contributed by atoms with Crippen molar-refractivity contribution >= 4 is 5.69 Å². The maximum absolute atomic E-state index is 11.7. The molecule has 0 aromatic carbocycles. The summed E-state index contributed by atoms with van der Waals surface area (Å²) in [5.41, 5.74) is 5.94. The molecule has 3 N–H and O–H groups in total. The largest absolute Gasteiger partial charge is 0.393 e. The SMILES string of the molecule is COCc1[nH]n(-c2cnccn2)c(=O)c1N. The van der Waals surface area contributed by atoms with Crippen LogP contribution < -0.4 is 11.3 Å². The van der Waals surface area contributed by atoms with E-state index in [0.29, 0.717) is 11.5 Å². The molecule has 0 aliphatic heterocycles. The van der Waals surface area contributed by atoms with Gasteiger partial charge in [0.05, 0.1) is 18.5 Å². The Morgan fingerprint density at radius 3 is 3.00 bits per heavy atom. The third-order valence-corrected chi connectivity index (χ3v) is 2.07. The highest BCUT2D eigenvalue weighted by Gasteiger charge is 2.12. The highest BCUT2D eigenvalue weighted by molar-refractivity contribution is 5.42. The number of methoxy groups -OCH3 is 1. The Balaban J connectivity index is 2.51. The molecule has 0 aliphatic carbocycles. The number of aromatic nitrogens is 4. The minimum Gasteiger partial charge on any atom is -0.393 e. The molecule has 0 saturated carbocycles. The number of nitrogens with two attached hydrogens (primary N) is 1. The van der Waals surface area contributed by atoms with Crippen LogP contribution >= 0.6 is 0 Å². The number of ether oxygens (including phenoxy) is 1. The van der Waals surface area contributed by atoms with E-state index in [-0.39, 0.29) is 17.9 Å². The summed E-state index contributed by atoms with van der Waals surface area (Å²) >= 11 is 0. The fourth-order valence-electron chi connectivity index (χ4n) is 1.32. The molecule has 0 aliphatic rings. The molecule has 16 heavy (non-hydrogen) atoms. The second-order valence-electron chi connectivity index (χ2n) is 3.14. The van der Waals surface area contributed by atoms with Crippen LogP contribution in [0.5, 0.6) is 0 Å². The van der Waals surface area contributed by atoms with Crippen LogP contribution in [0.15, 0.2) is 23.4 Å². The molecule has 0 unspecified atom stereocenters. The lowest BCUT2D eigenvalue weighted by atomic mass is 10.4. The molecule has 2 aromatic heterocycles. The molecule has 0 fully saturated rings. The van der Waals surface area contributed by atoms with Gasteiger partial charge in [0.1, 0.15) is 5.69 Å². The molecule has 0 amide bonds. The second-order valence-corrected chi connectivity index (χ2v) is 3.14. The molecule has 84 valence electrons. The normalized spacial score (nSPS) is 10.6. The fourth-order valence-corrected chi connectivity index (χ4v) is 1.32. The van der Waals surface area contributed by atoms with Gasteiger partial charge in [-0.3, -0.25) is 14.9 Å². The summed E-state index contributed by atoms with van der Waals surface area (Å²) in [5, 5.41) is 2.82. The van der Waals surface area contributed by atoms with Gasteiger partial charge in [0.25, 0.3) is 5.56 Å².